The zero-order valence-electron chi connectivity index (χ0n) is 17.6. The summed E-state index contributed by atoms with van der Waals surface area (Å²) in [6.45, 7) is 4.98. The van der Waals surface area contributed by atoms with E-state index in [2.05, 4.69) is 10.0 Å². The lowest BCUT2D eigenvalue weighted by molar-refractivity contribution is -0.128. The molecular weight excluding hydrogens is 408 g/mol. The zero-order chi connectivity index (χ0) is 22.5. The number of hydrogen-bond donors (Lipinski definition) is 2. The van der Waals surface area contributed by atoms with Gasteiger partial charge in [-0.3, -0.25) is 14.3 Å². The molecule has 2 aromatic rings. The smallest absolute Gasteiger partial charge is 0.229 e. The molecular formula is C21H26N2O6S. The van der Waals surface area contributed by atoms with Gasteiger partial charge in [0.15, 0.2) is 11.5 Å². The van der Waals surface area contributed by atoms with Crippen LogP contribution in [0.1, 0.15) is 31.1 Å². The molecule has 0 unspecified atom stereocenters. The second-order valence-electron chi connectivity index (χ2n) is 7.69. The number of nitrogens with one attached hydrogen (secondary N) is 2. The molecule has 0 aromatic heterocycles. The van der Waals surface area contributed by atoms with E-state index >= 15 is 0 Å². The maximum absolute atomic E-state index is 12.8. The van der Waals surface area contributed by atoms with Gasteiger partial charge in [-0.15, -0.1) is 0 Å². The Morgan fingerprint density at radius 2 is 1.67 bits per heavy atom. The number of amides is 1. The van der Waals surface area contributed by atoms with Crippen molar-refractivity contribution in [3.63, 3.8) is 0 Å². The molecule has 162 valence electrons. The van der Waals surface area contributed by atoms with Crippen LogP contribution in [0, 0.1) is 5.41 Å². The number of sulfonamides is 1. The van der Waals surface area contributed by atoms with E-state index in [1.807, 2.05) is 6.07 Å². The summed E-state index contributed by atoms with van der Waals surface area (Å²) in [6, 6.07) is 11.5. The third-order valence-electron chi connectivity index (χ3n) is 3.96. The Morgan fingerprint density at radius 3 is 2.20 bits per heavy atom. The van der Waals surface area contributed by atoms with Crippen molar-refractivity contribution in [2.45, 2.75) is 20.8 Å². The Labute approximate surface area is 176 Å². The number of carbonyl (C=O) groups is 2. The van der Waals surface area contributed by atoms with E-state index in [9.17, 15) is 18.0 Å². The highest BCUT2D eigenvalue weighted by atomic mass is 32.2. The fraction of sp³-hybridized carbons (Fsp3) is 0.333. The van der Waals surface area contributed by atoms with Crippen molar-refractivity contribution in [1.82, 2.24) is 5.32 Å². The highest BCUT2D eigenvalue weighted by molar-refractivity contribution is 7.92. The number of Topliss-reactive ketones (excluding diaryl/α,β-unsaturated/α-hetero) is 1. The third-order valence-corrected chi connectivity index (χ3v) is 4.55. The van der Waals surface area contributed by atoms with E-state index in [-0.39, 0.29) is 35.2 Å². The average Bonchev–Trinajstić information content (AvgIpc) is 2.65. The highest BCUT2D eigenvalue weighted by Gasteiger charge is 2.24. The first-order valence-electron chi connectivity index (χ1n) is 9.15. The van der Waals surface area contributed by atoms with Crippen LogP contribution in [-0.4, -0.2) is 40.0 Å². The zero-order valence-corrected chi connectivity index (χ0v) is 18.4. The van der Waals surface area contributed by atoms with Gasteiger partial charge in [-0.1, -0.05) is 39.0 Å². The fourth-order valence-electron chi connectivity index (χ4n) is 2.45. The van der Waals surface area contributed by atoms with Gasteiger partial charge in [0.25, 0.3) is 0 Å². The van der Waals surface area contributed by atoms with Gasteiger partial charge in [0.1, 0.15) is 11.5 Å². The summed E-state index contributed by atoms with van der Waals surface area (Å²) in [5, 5.41) is 2.60. The van der Waals surface area contributed by atoms with E-state index in [4.69, 9.17) is 9.47 Å². The molecule has 9 heteroatoms. The molecule has 0 aliphatic heterocycles. The molecule has 0 bridgehead atoms. The molecule has 30 heavy (non-hydrogen) atoms. The van der Waals surface area contributed by atoms with Gasteiger partial charge in [0, 0.05) is 11.5 Å². The molecule has 0 saturated carbocycles. The molecule has 0 atom stereocenters. The van der Waals surface area contributed by atoms with Crippen molar-refractivity contribution in [1.29, 1.82) is 0 Å². The van der Waals surface area contributed by atoms with Gasteiger partial charge < -0.3 is 14.8 Å². The normalized spacial score (nSPS) is 11.5. The van der Waals surface area contributed by atoms with E-state index in [0.717, 1.165) is 6.26 Å². The fourth-order valence-corrected chi connectivity index (χ4v) is 3.01. The molecule has 2 rings (SSSR count). The minimum absolute atomic E-state index is 0.119. The molecule has 0 saturated heterocycles. The lowest BCUT2D eigenvalue weighted by atomic mass is 9.95. The van der Waals surface area contributed by atoms with Gasteiger partial charge >= 0.3 is 0 Å². The van der Waals surface area contributed by atoms with Crippen LogP contribution < -0.4 is 19.5 Å². The topological polar surface area (TPSA) is 111 Å². The van der Waals surface area contributed by atoms with E-state index in [1.165, 1.54) is 19.2 Å². The first-order valence-corrected chi connectivity index (χ1v) is 11.0. The monoisotopic (exact) mass is 434 g/mol. The summed E-state index contributed by atoms with van der Waals surface area (Å²) in [4.78, 5) is 24.8. The van der Waals surface area contributed by atoms with Crippen LogP contribution in [0.25, 0.3) is 0 Å². The summed E-state index contributed by atoms with van der Waals surface area (Å²) in [6.07, 6.45) is 1.01. The SMILES string of the molecule is COc1cc(NS(C)(=O)=O)c(Oc2ccccc2)cc1C(=O)CNC(=O)C(C)(C)C. The van der Waals surface area contributed by atoms with Gasteiger partial charge in [-0.05, 0) is 18.2 Å². The Morgan fingerprint density at radius 1 is 1.03 bits per heavy atom. The van der Waals surface area contributed by atoms with Crippen LogP contribution in [0.3, 0.4) is 0 Å². The summed E-state index contributed by atoms with van der Waals surface area (Å²) in [5.74, 6) is 0.0485. The van der Waals surface area contributed by atoms with Crippen molar-refractivity contribution >= 4 is 27.4 Å². The number of para-hydroxylation sites is 1. The summed E-state index contributed by atoms with van der Waals surface area (Å²) >= 11 is 0. The van der Waals surface area contributed by atoms with Gasteiger partial charge in [0.2, 0.25) is 15.9 Å². The van der Waals surface area contributed by atoms with Crippen molar-refractivity contribution in [3.05, 3.63) is 48.0 Å². The molecule has 0 aliphatic carbocycles. The van der Waals surface area contributed by atoms with Crippen LogP contribution in [0.4, 0.5) is 5.69 Å². The first-order chi connectivity index (χ1) is 13.9. The second kappa shape index (κ2) is 9.17. The van der Waals surface area contributed by atoms with Gasteiger partial charge in [0.05, 0.1) is 31.2 Å². The van der Waals surface area contributed by atoms with Crippen molar-refractivity contribution < 1.29 is 27.5 Å². The second-order valence-corrected chi connectivity index (χ2v) is 9.44. The molecule has 8 nitrogen and oxygen atoms in total. The Hall–Kier alpha value is -3.07. The molecule has 2 aromatic carbocycles. The summed E-state index contributed by atoms with van der Waals surface area (Å²) in [7, 11) is -2.25. The highest BCUT2D eigenvalue weighted by Crippen LogP contribution is 2.36. The molecule has 0 radical (unpaired) electrons. The molecule has 0 spiro atoms. The number of ketones is 1. The quantitative estimate of drug-likeness (QED) is 0.617. The van der Waals surface area contributed by atoms with Crippen molar-refractivity contribution in [2.75, 3.05) is 24.6 Å². The lowest BCUT2D eigenvalue weighted by Crippen LogP contribution is -2.38. The molecule has 0 heterocycles. The maximum Gasteiger partial charge on any atom is 0.229 e. The number of benzene rings is 2. The Balaban J connectivity index is 2.43. The van der Waals surface area contributed by atoms with E-state index in [1.54, 1.807) is 45.0 Å². The Kier molecular flexibility index (Phi) is 7.09. The number of anilines is 1. The summed E-state index contributed by atoms with van der Waals surface area (Å²) in [5.41, 5.74) is -0.375. The standard InChI is InChI=1S/C21H26N2O6S/c1-21(2,3)20(25)22-13-17(24)15-11-19(29-14-9-7-6-8-10-14)16(12-18(15)28-4)23-30(5,26)27/h6-12,23H,13H2,1-5H3,(H,22,25). The number of hydrogen-bond acceptors (Lipinski definition) is 6. The first kappa shape index (κ1) is 23.2. The Bertz CT molecular complexity index is 1030. The van der Waals surface area contributed by atoms with Crippen LogP contribution >= 0.6 is 0 Å². The third kappa shape index (κ3) is 6.48. The molecule has 2 N–H and O–H groups in total. The van der Waals surface area contributed by atoms with Crippen LogP contribution in [0.5, 0.6) is 17.2 Å². The molecule has 0 fully saturated rings. The number of carbonyl (C=O) groups excluding carboxylic acids is 2. The number of ether oxygens (including phenoxy) is 2. The minimum atomic E-state index is -3.62. The summed E-state index contributed by atoms with van der Waals surface area (Å²) < 4.78 is 37.0. The minimum Gasteiger partial charge on any atom is -0.496 e. The van der Waals surface area contributed by atoms with Crippen LogP contribution in [-0.2, 0) is 14.8 Å². The predicted molar refractivity (Wildman–Crippen MR) is 115 cm³/mol. The van der Waals surface area contributed by atoms with Gasteiger partial charge in [-0.25, -0.2) is 8.42 Å². The van der Waals surface area contributed by atoms with Gasteiger partial charge in [-0.2, -0.15) is 0 Å². The number of rotatable bonds is 8. The average molecular weight is 435 g/mol. The van der Waals surface area contributed by atoms with Crippen LogP contribution in [0.2, 0.25) is 0 Å². The predicted octanol–water partition coefficient (Wildman–Crippen LogP) is 3.20. The van der Waals surface area contributed by atoms with Crippen molar-refractivity contribution in [3.8, 4) is 17.2 Å². The van der Waals surface area contributed by atoms with Crippen molar-refractivity contribution in [2.24, 2.45) is 5.41 Å². The van der Waals surface area contributed by atoms with E-state index < -0.39 is 21.2 Å². The maximum atomic E-state index is 12.8. The lowest BCUT2D eigenvalue weighted by Gasteiger charge is -2.19. The van der Waals surface area contributed by atoms with Crippen LogP contribution in [0.15, 0.2) is 42.5 Å². The molecule has 0 aliphatic rings. The van der Waals surface area contributed by atoms with E-state index in [0.29, 0.717) is 5.75 Å². The molecule has 1 amide bonds. The number of methoxy groups -OCH3 is 1. The largest absolute Gasteiger partial charge is 0.496 e.